The summed E-state index contributed by atoms with van der Waals surface area (Å²) in [5.74, 6) is -1.14. The lowest BCUT2D eigenvalue weighted by atomic mass is 10.1. The number of rotatable bonds is 6. The Labute approximate surface area is 134 Å². The lowest BCUT2D eigenvalue weighted by Crippen LogP contribution is -2.31. The normalized spacial score (nSPS) is 14.2. The van der Waals surface area contributed by atoms with Crippen molar-refractivity contribution in [1.82, 2.24) is 9.99 Å². The molecule has 2 heterocycles. The first kappa shape index (κ1) is 16.9. The van der Waals surface area contributed by atoms with Crippen LogP contribution in [0.5, 0.6) is 0 Å². The minimum atomic E-state index is -0.666. The van der Waals surface area contributed by atoms with Crippen LogP contribution in [0.3, 0.4) is 0 Å². The quantitative estimate of drug-likeness (QED) is 0.635. The number of carbonyl (C=O) groups excluding carboxylic acids is 3. The Morgan fingerprint density at radius 2 is 2.09 bits per heavy atom. The van der Waals surface area contributed by atoms with E-state index in [1.807, 2.05) is 19.9 Å². The molecule has 0 radical (unpaired) electrons. The fourth-order valence-electron chi connectivity index (χ4n) is 2.56. The van der Waals surface area contributed by atoms with Gasteiger partial charge in [0.25, 0.3) is 0 Å². The number of hydrogen-bond donors (Lipinski definition) is 1. The van der Waals surface area contributed by atoms with E-state index in [0.717, 1.165) is 24.4 Å². The first-order valence-electron chi connectivity index (χ1n) is 7.66. The standard InChI is InChI=1S/C16H21N3O4/c1-4-7-19-10(2)8-12(11(19)3)14(20)9-23-16(22)13-5-6-15(21)18-17-13/h8H,4-7,9H2,1-3H3,(H,18,21). The molecule has 0 saturated heterocycles. The first-order chi connectivity index (χ1) is 10.9. The van der Waals surface area contributed by atoms with E-state index in [1.54, 1.807) is 0 Å². The van der Waals surface area contributed by atoms with E-state index < -0.39 is 5.97 Å². The average molecular weight is 319 g/mol. The number of aryl methyl sites for hydroxylation is 1. The highest BCUT2D eigenvalue weighted by atomic mass is 16.5. The van der Waals surface area contributed by atoms with Gasteiger partial charge in [-0.1, -0.05) is 6.92 Å². The van der Waals surface area contributed by atoms with Gasteiger partial charge in [-0.2, -0.15) is 5.10 Å². The van der Waals surface area contributed by atoms with Crippen LogP contribution < -0.4 is 5.43 Å². The number of esters is 1. The number of Topliss-reactive ketones (excluding diaryl/α,β-unsaturated/α-hetero) is 1. The Morgan fingerprint density at radius 3 is 2.70 bits per heavy atom. The third-order valence-electron chi connectivity index (χ3n) is 3.80. The number of carbonyl (C=O) groups is 3. The molecule has 1 aromatic heterocycles. The van der Waals surface area contributed by atoms with Gasteiger partial charge in [-0.3, -0.25) is 9.59 Å². The topological polar surface area (TPSA) is 89.8 Å². The van der Waals surface area contributed by atoms with Crippen LogP contribution >= 0.6 is 0 Å². The van der Waals surface area contributed by atoms with Gasteiger partial charge in [0.1, 0.15) is 5.71 Å². The molecule has 0 fully saturated rings. The number of nitrogens with zero attached hydrogens (tertiary/aromatic N) is 2. The molecule has 7 heteroatoms. The van der Waals surface area contributed by atoms with Crippen molar-refractivity contribution in [2.75, 3.05) is 6.61 Å². The van der Waals surface area contributed by atoms with Crippen LogP contribution in [0.15, 0.2) is 11.2 Å². The zero-order valence-corrected chi connectivity index (χ0v) is 13.6. The summed E-state index contributed by atoms with van der Waals surface area (Å²) in [6.45, 7) is 6.43. The zero-order chi connectivity index (χ0) is 17.0. The summed E-state index contributed by atoms with van der Waals surface area (Å²) in [4.78, 5) is 35.1. The van der Waals surface area contributed by atoms with Crippen LogP contribution in [0.2, 0.25) is 0 Å². The minimum Gasteiger partial charge on any atom is -0.453 e. The Morgan fingerprint density at radius 1 is 1.35 bits per heavy atom. The predicted molar refractivity (Wildman–Crippen MR) is 84.3 cm³/mol. The van der Waals surface area contributed by atoms with E-state index in [-0.39, 0.29) is 36.9 Å². The first-order valence-corrected chi connectivity index (χ1v) is 7.66. The Bertz CT molecular complexity index is 673. The number of amides is 1. The van der Waals surface area contributed by atoms with E-state index in [0.29, 0.717) is 5.56 Å². The van der Waals surface area contributed by atoms with E-state index in [1.165, 1.54) is 0 Å². The van der Waals surface area contributed by atoms with Crippen LogP contribution in [0.25, 0.3) is 0 Å². The van der Waals surface area contributed by atoms with Crippen LogP contribution in [-0.4, -0.2) is 34.5 Å². The van der Waals surface area contributed by atoms with Crippen molar-refractivity contribution in [3.05, 3.63) is 23.0 Å². The molecule has 1 aromatic rings. The molecule has 0 atom stereocenters. The highest BCUT2D eigenvalue weighted by Gasteiger charge is 2.22. The maximum absolute atomic E-state index is 12.3. The maximum atomic E-state index is 12.3. The lowest BCUT2D eigenvalue weighted by molar-refractivity contribution is -0.134. The summed E-state index contributed by atoms with van der Waals surface area (Å²) >= 11 is 0. The Hall–Kier alpha value is -2.44. The Kier molecular flexibility index (Phi) is 5.31. The summed E-state index contributed by atoms with van der Waals surface area (Å²) < 4.78 is 7.10. The van der Waals surface area contributed by atoms with Gasteiger partial charge in [0.15, 0.2) is 6.61 Å². The molecule has 1 aliphatic heterocycles. The highest BCUT2D eigenvalue weighted by Crippen LogP contribution is 2.16. The molecule has 7 nitrogen and oxygen atoms in total. The van der Waals surface area contributed by atoms with Gasteiger partial charge in [-0.15, -0.1) is 0 Å². The fourth-order valence-corrected chi connectivity index (χ4v) is 2.56. The minimum absolute atomic E-state index is 0.133. The van der Waals surface area contributed by atoms with E-state index in [2.05, 4.69) is 22.0 Å². The molecule has 0 aromatic carbocycles. The summed E-state index contributed by atoms with van der Waals surface area (Å²) in [6, 6.07) is 1.82. The van der Waals surface area contributed by atoms with E-state index in [9.17, 15) is 14.4 Å². The molecule has 0 unspecified atom stereocenters. The number of ketones is 1. The molecule has 0 saturated carbocycles. The van der Waals surface area contributed by atoms with Crippen molar-refractivity contribution in [3.63, 3.8) is 0 Å². The molecule has 124 valence electrons. The van der Waals surface area contributed by atoms with Gasteiger partial charge in [-0.25, -0.2) is 10.2 Å². The van der Waals surface area contributed by atoms with Crippen molar-refractivity contribution in [2.45, 2.75) is 46.6 Å². The molecule has 1 N–H and O–H groups in total. The van der Waals surface area contributed by atoms with Crippen molar-refractivity contribution in [1.29, 1.82) is 0 Å². The van der Waals surface area contributed by atoms with Crippen molar-refractivity contribution < 1.29 is 19.1 Å². The largest absolute Gasteiger partial charge is 0.453 e. The lowest BCUT2D eigenvalue weighted by Gasteiger charge is -2.11. The molecule has 2 rings (SSSR count). The zero-order valence-electron chi connectivity index (χ0n) is 13.6. The second-order valence-corrected chi connectivity index (χ2v) is 5.53. The number of nitrogens with one attached hydrogen (secondary N) is 1. The van der Waals surface area contributed by atoms with Crippen molar-refractivity contribution in [3.8, 4) is 0 Å². The second-order valence-electron chi connectivity index (χ2n) is 5.53. The summed E-state index contributed by atoms with van der Waals surface area (Å²) in [5.41, 5.74) is 4.83. The van der Waals surface area contributed by atoms with Gasteiger partial charge in [0, 0.05) is 36.3 Å². The molecule has 23 heavy (non-hydrogen) atoms. The Balaban J connectivity index is 1.99. The monoisotopic (exact) mass is 319 g/mol. The average Bonchev–Trinajstić information content (AvgIpc) is 2.81. The van der Waals surface area contributed by atoms with Crippen molar-refractivity contribution in [2.24, 2.45) is 5.10 Å². The summed E-state index contributed by atoms with van der Waals surface area (Å²) in [7, 11) is 0. The molecule has 1 aliphatic rings. The molecule has 0 aliphatic carbocycles. The molecule has 1 amide bonds. The smallest absolute Gasteiger partial charge is 0.354 e. The van der Waals surface area contributed by atoms with Gasteiger partial charge in [0.05, 0.1) is 0 Å². The molecular weight excluding hydrogens is 298 g/mol. The van der Waals surface area contributed by atoms with Crippen LogP contribution in [0, 0.1) is 13.8 Å². The van der Waals surface area contributed by atoms with E-state index >= 15 is 0 Å². The van der Waals surface area contributed by atoms with Crippen LogP contribution in [-0.2, 0) is 20.9 Å². The third kappa shape index (κ3) is 3.85. The number of aromatic nitrogens is 1. The molecular formula is C16H21N3O4. The third-order valence-corrected chi connectivity index (χ3v) is 3.80. The summed E-state index contributed by atoms with van der Waals surface area (Å²) in [5, 5.41) is 3.65. The maximum Gasteiger partial charge on any atom is 0.354 e. The number of hydrazone groups is 1. The number of hydrogen-bond acceptors (Lipinski definition) is 5. The van der Waals surface area contributed by atoms with Gasteiger partial charge in [0.2, 0.25) is 11.7 Å². The second kappa shape index (κ2) is 7.21. The van der Waals surface area contributed by atoms with Crippen LogP contribution in [0.1, 0.15) is 47.9 Å². The fraction of sp³-hybridized carbons (Fsp3) is 0.500. The van der Waals surface area contributed by atoms with Crippen LogP contribution in [0.4, 0.5) is 0 Å². The SMILES string of the molecule is CCCn1c(C)cc(C(=O)COC(=O)C2=NNC(=O)CC2)c1C. The van der Waals surface area contributed by atoms with Gasteiger partial charge >= 0.3 is 5.97 Å². The van der Waals surface area contributed by atoms with Crippen molar-refractivity contribution >= 4 is 23.4 Å². The molecule has 0 bridgehead atoms. The summed E-state index contributed by atoms with van der Waals surface area (Å²) in [6.07, 6.45) is 1.40. The van der Waals surface area contributed by atoms with E-state index in [4.69, 9.17) is 4.74 Å². The highest BCUT2D eigenvalue weighted by molar-refractivity contribution is 6.37. The number of ether oxygens (including phenoxy) is 1. The van der Waals surface area contributed by atoms with Gasteiger partial charge in [-0.05, 0) is 26.3 Å². The predicted octanol–water partition coefficient (Wildman–Crippen LogP) is 1.51. The van der Waals surface area contributed by atoms with Gasteiger partial charge < -0.3 is 9.30 Å². The molecule has 0 spiro atoms.